The number of hydrogen-bond acceptors (Lipinski definition) is 7. The number of furan rings is 1. The molecule has 2 N–H and O–H groups in total. The minimum absolute atomic E-state index is 0.155. The molecule has 1 aromatic heterocycles. The van der Waals surface area contributed by atoms with Crippen molar-refractivity contribution < 1.29 is 18.6 Å². The van der Waals surface area contributed by atoms with E-state index in [0.29, 0.717) is 23.1 Å². The van der Waals surface area contributed by atoms with Crippen molar-refractivity contribution in [1.29, 1.82) is 0 Å². The molecule has 2 atom stereocenters. The van der Waals surface area contributed by atoms with Crippen molar-refractivity contribution in [3.63, 3.8) is 0 Å². The van der Waals surface area contributed by atoms with E-state index in [1.54, 1.807) is 30.8 Å². The summed E-state index contributed by atoms with van der Waals surface area (Å²) in [4.78, 5) is 8.62. The Balaban J connectivity index is 1.42. The van der Waals surface area contributed by atoms with Crippen molar-refractivity contribution in [1.82, 2.24) is 0 Å². The highest BCUT2D eigenvalue weighted by Gasteiger charge is 2.39. The van der Waals surface area contributed by atoms with Crippen LogP contribution in [0.5, 0.6) is 0 Å². The predicted octanol–water partition coefficient (Wildman–Crippen LogP) is 1.52. The Bertz CT molecular complexity index is 822. The van der Waals surface area contributed by atoms with Gasteiger partial charge in [0, 0.05) is 6.61 Å². The Kier molecular flexibility index (Phi) is 4.29. The van der Waals surface area contributed by atoms with Gasteiger partial charge in [0.1, 0.15) is 12.8 Å². The minimum Gasteiger partial charge on any atom is -0.461 e. The highest BCUT2D eigenvalue weighted by molar-refractivity contribution is 6.31. The second-order valence-electron chi connectivity index (χ2n) is 5.79. The number of nitrogens with two attached hydrogens (primary N) is 1. The fourth-order valence-electron chi connectivity index (χ4n) is 2.66. The molecule has 4 heterocycles. The molecule has 25 heavy (non-hydrogen) atoms. The molecular formula is C17H18N5O3+. The Hall–Kier alpha value is -2.57. The largest absolute Gasteiger partial charge is 0.461 e. The molecule has 8 heteroatoms. The third kappa shape index (κ3) is 3.45. The second kappa shape index (κ2) is 6.74. The van der Waals surface area contributed by atoms with Gasteiger partial charge in [0.25, 0.3) is 11.7 Å². The lowest BCUT2D eigenvalue weighted by atomic mass is 10.2. The van der Waals surface area contributed by atoms with Crippen LogP contribution in [0.1, 0.15) is 25.0 Å². The van der Waals surface area contributed by atoms with E-state index < -0.39 is 0 Å². The maximum absolute atomic E-state index is 6.26. The van der Waals surface area contributed by atoms with Gasteiger partial charge in [-0.05, 0) is 47.1 Å². The molecule has 0 amide bonds. The van der Waals surface area contributed by atoms with Crippen LogP contribution in [0.25, 0.3) is 0 Å². The van der Waals surface area contributed by atoms with Gasteiger partial charge in [-0.15, -0.1) is 5.84 Å². The van der Waals surface area contributed by atoms with E-state index in [-0.39, 0.29) is 17.6 Å². The number of rotatable bonds is 3. The van der Waals surface area contributed by atoms with E-state index in [9.17, 15) is 0 Å². The van der Waals surface area contributed by atoms with E-state index in [2.05, 4.69) is 26.9 Å². The molecular weight excluding hydrogens is 322 g/mol. The van der Waals surface area contributed by atoms with Crippen LogP contribution in [0.3, 0.4) is 0 Å². The Morgan fingerprint density at radius 3 is 3.16 bits per heavy atom. The highest BCUT2D eigenvalue weighted by atomic mass is 16.7. The lowest BCUT2D eigenvalue weighted by Crippen LogP contribution is -2.50. The van der Waals surface area contributed by atoms with Crippen molar-refractivity contribution in [2.75, 3.05) is 13.2 Å². The number of hydrogen-bond donors (Lipinski definition) is 1. The van der Waals surface area contributed by atoms with Crippen LogP contribution >= 0.6 is 0 Å². The topological polar surface area (TPSA) is 94.7 Å². The van der Waals surface area contributed by atoms with Crippen molar-refractivity contribution in [3.05, 3.63) is 36.1 Å². The monoisotopic (exact) mass is 340 g/mol. The zero-order chi connectivity index (χ0) is 17.1. The predicted molar refractivity (Wildman–Crippen MR) is 91.0 cm³/mol. The minimum atomic E-state index is -0.323. The Labute approximate surface area is 144 Å². The first-order valence-electron chi connectivity index (χ1n) is 8.13. The number of aliphatic imine (C=N–C) groups is 2. The average molecular weight is 340 g/mol. The van der Waals surface area contributed by atoms with E-state index >= 15 is 0 Å². The van der Waals surface area contributed by atoms with Gasteiger partial charge in [-0.3, -0.25) is 0 Å². The molecule has 4 rings (SSSR count). The molecule has 3 aliphatic heterocycles. The maximum Gasteiger partial charge on any atom is 0.300 e. The van der Waals surface area contributed by atoms with Crippen molar-refractivity contribution in [2.24, 2.45) is 20.9 Å². The van der Waals surface area contributed by atoms with Crippen molar-refractivity contribution >= 4 is 17.9 Å². The van der Waals surface area contributed by atoms with Crippen LogP contribution in [0, 0.1) is 11.8 Å². The van der Waals surface area contributed by atoms with Crippen LogP contribution in [-0.2, 0) is 9.47 Å². The molecule has 0 aliphatic carbocycles. The molecule has 0 aromatic carbocycles. The molecule has 128 valence electrons. The summed E-state index contributed by atoms with van der Waals surface area (Å²) in [7, 11) is 0. The number of ether oxygens (including phenoxy) is 2. The van der Waals surface area contributed by atoms with Crippen LogP contribution in [0.2, 0.25) is 0 Å². The summed E-state index contributed by atoms with van der Waals surface area (Å²) in [6.07, 6.45) is 7.74. The molecule has 0 radical (unpaired) electrons. The number of quaternary nitrogens is 1. The van der Waals surface area contributed by atoms with Crippen molar-refractivity contribution in [2.45, 2.75) is 25.6 Å². The Morgan fingerprint density at radius 2 is 2.36 bits per heavy atom. The quantitative estimate of drug-likeness (QED) is 0.513. The lowest BCUT2D eigenvalue weighted by Gasteiger charge is -2.21. The van der Waals surface area contributed by atoms with Crippen molar-refractivity contribution in [3.8, 4) is 11.8 Å². The molecule has 1 fully saturated rings. The van der Waals surface area contributed by atoms with Gasteiger partial charge in [-0.1, -0.05) is 5.92 Å². The molecule has 0 spiro atoms. The first-order valence-corrected chi connectivity index (χ1v) is 8.13. The average Bonchev–Trinajstić information content (AvgIpc) is 3.26. The third-order valence-corrected chi connectivity index (χ3v) is 3.92. The van der Waals surface area contributed by atoms with E-state index in [1.807, 2.05) is 0 Å². The summed E-state index contributed by atoms with van der Waals surface area (Å²) in [5.41, 5.74) is 0.513. The van der Waals surface area contributed by atoms with Crippen LogP contribution in [-0.4, -0.2) is 42.1 Å². The summed E-state index contributed by atoms with van der Waals surface area (Å²) in [6, 6.07) is 3.55. The van der Waals surface area contributed by atoms with Gasteiger partial charge in [-0.2, -0.15) is 4.99 Å². The summed E-state index contributed by atoms with van der Waals surface area (Å²) in [5, 5.41) is 4.38. The summed E-state index contributed by atoms with van der Waals surface area (Å²) < 4.78 is 16.1. The first kappa shape index (κ1) is 15.9. The molecule has 2 unspecified atom stereocenters. The normalized spacial score (nSPS) is 27.7. The Morgan fingerprint density at radius 1 is 1.40 bits per heavy atom. The SMILES string of the molecule is N[N+]12C=C(C#CCOC3CCCCO3)N=CC1=NC(c1ccco1)=N2. The molecule has 1 aromatic rings. The fourth-order valence-corrected chi connectivity index (χ4v) is 2.66. The maximum atomic E-state index is 6.26. The zero-order valence-electron chi connectivity index (χ0n) is 13.6. The van der Waals surface area contributed by atoms with Gasteiger partial charge in [-0.25, -0.2) is 4.99 Å². The number of allylic oxidation sites excluding steroid dienone is 1. The third-order valence-electron chi connectivity index (χ3n) is 3.92. The number of fused-ring (bicyclic) bond motifs is 1. The second-order valence-corrected chi connectivity index (χ2v) is 5.79. The molecule has 1 saturated heterocycles. The lowest BCUT2D eigenvalue weighted by molar-refractivity contribution is -0.803. The smallest absolute Gasteiger partial charge is 0.300 e. The highest BCUT2D eigenvalue weighted by Crippen LogP contribution is 2.21. The molecule has 0 bridgehead atoms. The van der Waals surface area contributed by atoms with E-state index in [4.69, 9.17) is 19.7 Å². The van der Waals surface area contributed by atoms with E-state index in [1.165, 1.54) is 0 Å². The summed E-state index contributed by atoms with van der Waals surface area (Å²) in [5.74, 6) is 13.6. The van der Waals surface area contributed by atoms with Crippen LogP contribution in [0.4, 0.5) is 0 Å². The van der Waals surface area contributed by atoms with Gasteiger partial charge < -0.3 is 13.9 Å². The summed E-state index contributed by atoms with van der Waals surface area (Å²) in [6.45, 7) is 1.03. The molecule has 3 aliphatic rings. The van der Waals surface area contributed by atoms with Gasteiger partial charge in [0.2, 0.25) is 0 Å². The number of nitrogens with zero attached hydrogens (tertiary/aromatic N) is 4. The standard InChI is InChI=1S/C17H18N5O3/c18-22-12-13(5-3-10-25-16-7-1-2-8-24-16)19-11-15(22)20-17(21-22)14-6-4-9-23-14/h4,6,9,11-12,16H,1-2,7-8,10,18H2/q+1. The molecule has 8 nitrogen and oxygen atoms in total. The number of amidine groups is 2. The molecule has 0 saturated carbocycles. The van der Waals surface area contributed by atoms with E-state index in [0.717, 1.165) is 25.9 Å². The van der Waals surface area contributed by atoms with Crippen LogP contribution in [0.15, 0.2) is 49.8 Å². The van der Waals surface area contributed by atoms with Gasteiger partial charge >= 0.3 is 0 Å². The fraction of sp³-hybridized carbons (Fsp3) is 0.353. The van der Waals surface area contributed by atoms with Gasteiger partial charge in [0.05, 0.1) is 6.26 Å². The van der Waals surface area contributed by atoms with Crippen LogP contribution < -0.4 is 5.84 Å². The van der Waals surface area contributed by atoms with Gasteiger partial charge in [0.15, 0.2) is 23.9 Å². The first-order chi connectivity index (χ1) is 12.2. The zero-order valence-corrected chi connectivity index (χ0v) is 13.6. The summed E-state index contributed by atoms with van der Waals surface area (Å²) >= 11 is 0.